The molecule has 2 aromatic carbocycles. The van der Waals surface area contributed by atoms with E-state index < -0.39 is 10.9 Å². The fourth-order valence-corrected chi connectivity index (χ4v) is 1.76. The first-order valence-electron chi connectivity index (χ1n) is 5.17. The minimum Gasteiger partial charge on any atom is -0.477 e. The molecule has 0 fully saturated rings. The lowest BCUT2D eigenvalue weighted by atomic mass is 10.0. The van der Waals surface area contributed by atoms with Crippen molar-refractivity contribution in [2.24, 2.45) is 0 Å². The highest BCUT2D eigenvalue weighted by atomic mass is 16.6. The number of nitro benzene ring substituents is 1. The summed E-state index contributed by atoms with van der Waals surface area (Å²) in [4.78, 5) is 21.4. The van der Waals surface area contributed by atoms with Crippen molar-refractivity contribution in [1.82, 2.24) is 0 Å². The topological polar surface area (TPSA) is 80.4 Å². The van der Waals surface area contributed by atoms with Crippen molar-refractivity contribution in [1.29, 1.82) is 0 Å². The highest BCUT2D eigenvalue weighted by Crippen LogP contribution is 2.32. The van der Waals surface area contributed by atoms with Gasteiger partial charge in [0.1, 0.15) is 5.56 Å². The number of aromatic carboxylic acids is 1. The maximum absolute atomic E-state index is 11.1. The van der Waals surface area contributed by atoms with E-state index in [-0.39, 0.29) is 11.3 Å². The molecule has 1 N–H and O–H groups in total. The third-order valence-corrected chi connectivity index (χ3v) is 2.53. The van der Waals surface area contributed by atoms with Gasteiger partial charge in [0.2, 0.25) is 0 Å². The molecule has 0 saturated carbocycles. The van der Waals surface area contributed by atoms with Crippen LogP contribution in [0.15, 0.2) is 48.5 Å². The standard InChI is InChI=1S/C13H9NO4/c15-13(16)11-8-4-7-10(12(11)14(17)18)9-5-2-1-3-6-9/h1-8H,(H,15,16). The van der Waals surface area contributed by atoms with Crippen LogP contribution in [-0.4, -0.2) is 16.0 Å². The molecular formula is C13H9NO4. The monoisotopic (exact) mass is 243 g/mol. The van der Waals surface area contributed by atoms with E-state index in [9.17, 15) is 14.9 Å². The van der Waals surface area contributed by atoms with E-state index in [4.69, 9.17) is 5.11 Å². The van der Waals surface area contributed by atoms with Crippen molar-refractivity contribution in [3.05, 3.63) is 64.2 Å². The molecule has 0 amide bonds. The summed E-state index contributed by atoms with van der Waals surface area (Å²) >= 11 is 0. The number of carbonyl (C=O) groups is 1. The lowest BCUT2D eigenvalue weighted by Gasteiger charge is -2.05. The summed E-state index contributed by atoms with van der Waals surface area (Å²) in [6, 6.07) is 12.9. The van der Waals surface area contributed by atoms with E-state index in [1.165, 1.54) is 12.1 Å². The average Bonchev–Trinajstić information content (AvgIpc) is 2.38. The number of rotatable bonds is 3. The zero-order chi connectivity index (χ0) is 13.1. The first-order valence-corrected chi connectivity index (χ1v) is 5.17. The highest BCUT2D eigenvalue weighted by molar-refractivity contribution is 5.96. The summed E-state index contributed by atoms with van der Waals surface area (Å²) in [5.41, 5.74) is 0.241. The van der Waals surface area contributed by atoms with E-state index >= 15 is 0 Å². The van der Waals surface area contributed by atoms with Gasteiger partial charge in [0, 0.05) is 0 Å². The van der Waals surface area contributed by atoms with E-state index in [1.54, 1.807) is 36.4 Å². The summed E-state index contributed by atoms with van der Waals surface area (Å²) < 4.78 is 0. The summed E-state index contributed by atoms with van der Waals surface area (Å²) in [5.74, 6) is -1.31. The van der Waals surface area contributed by atoms with E-state index in [0.717, 1.165) is 0 Å². The Labute approximate surface area is 102 Å². The summed E-state index contributed by atoms with van der Waals surface area (Å²) in [5, 5.41) is 20.0. The normalized spacial score (nSPS) is 10.0. The van der Waals surface area contributed by atoms with Crippen LogP contribution in [0.4, 0.5) is 5.69 Å². The van der Waals surface area contributed by atoms with Crippen LogP contribution in [0.1, 0.15) is 10.4 Å². The lowest BCUT2D eigenvalue weighted by molar-refractivity contribution is -0.384. The Balaban J connectivity index is 2.72. The van der Waals surface area contributed by atoms with Gasteiger partial charge in [-0.2, -0.15) is 0 Å². The number of nitrogens with zero attached hydrogens (tertiary/aromatic N) is 1. The molecule has 18 heavy (non-hydrogen) atoms. The molecule has 5 nitrogen and oxygen atoms in total. The third kappa shape index (κ3) is 2.06. The Morgan fingerprint density at radius 2 is 1.72 bits per heavy atom. The van der Waals surface area contributed by atoms with Crippen molar-refractivity contribution in [3.8, 4) is 11.1 Å². The molecule has 0 heterocycles. The van der Waals surface area contributed by atoms with Crippen LogP contribution in [-0.2, 0) is 0 Å². The van der Waals surface area contributed by atoms with Gasteiger partial charge in [-0.1, -0.05) is 36.4 Å². The molecule has 0 unspecified atom stereocenters. The van der Waals surface area contributed by atoms with Crippen LogP contribution < -0.4 is 0 Å². The van der Waals surface area contributed by atoms with Gasteiger partial charge in [0.05, 0.1) is 10.5 Å². The van der Waals surface area contributed by atoms with Gasteiger partial charge in [-0.25, -0.2) is 4.79 Å². The molecule has 0 aliphatic rings. The van der Waals surface area contributed by atoms with E-state index in [0.29, 0.717) is 11.1 Å². The van der Waals surface area contributed by atoms with Crippen molar-refractivity contribution in [2.45, 2.75) is 0 Å². The van der Waals surface area contributed by atoms with E-state index in [1.807, 2.05) is 0 Å². The molecule has 5 heteroatoms. The van der Waals surface area contributed by atoms with Crippen molar-refractivity contribution >= 4 is 11.7 Å². The van der Waals surface area contributed by atoms with Crippen LogP contribution in [0.2, 0.25) is 0 Å². The molecule has 0 spiro atoms. The predicted octanol–water partition coefficient (Wildman–Crippen LogP) is 2.96. The molecule has 2 aromatic rings. The third-order valence-electron chi connectivity index (χ3n) is 2.53. The van der Waals surface area contributed by atoms with Crippen molar-refractivity contribution in [2.75, 3.05) is 0 Å². The smallest absolute Gasteiger partial charge is 0.342 e. The number of benzene rings is 2. The first kappa shape index (κ1) is 11.8. The Morgan fingerprint density at radius 3 is 2.28 bits per heavy atom. The fraction of sp³-hybridized carbons (Fsp3) is 0. The molecular weight excluding hydrogens is 234 g/mol. The maximum Gasteiger partial charge on any atom is 0.342 e. The van der Waals surface area contributed by atoms with Gasteiger partial charge >= 0.3 is 5.97 Å². The van der Waals surface area contributed by atoms with Crippen LogP contribution in [0, 0.1) is 10.1 Å². The Bertz CT molecular complexity index is 608. The lowest BCUT2D eigenvalue weighted by Crippen LogP contribution is -2.04. The Morgan fingerprint density at radius 1 is 1.06 bits per heavy atom. The molecule has 0 aliphatic carbocycles. The molecule has 0 saturated heterocycles. The summed E-state index contributed by atoms with van der Waals surface area (Å²) in [6.45, 7) is 0. The number of para-hydroxylation sites is 1. The van der Waals surface area contributed by atoms with Gasteiger partial charge in [-0.05, 0) is 17.7 Å². The number of hydrogen-bond donors (Lipinski definition) is 1. The Hall–Kier alpha value is -2.69. The summed E-state index contributed by atoms with van der Waals surface area (Å²) in [6.07, 6.45) is 0. The number of nitro groups is 1. The van der Waals surface area contributed by atoms with Gasteiger partial charge in [0.15, 0.2) is 0 Å². The van der Waals surface area contributed by atoms with Gasteiger partial charge in [-0.15, -0.1) is 0 Å². The minimum absolute atomic E-state index is 0.304. The second kappa shape index (κ2) is 4.67. The second-order valence-corrected chi connectivity index (χ2v) is 3.63. The molecule has 2 rings (SSSR count). The zero-order valence-electron chi connectivity index (χ0n) is 9.24. The maximum atomic E-state index is 11.1. The first-order chi connectivity index (χ1) is 8.61. The van der Waals surface area contributed by atoms with Crippen LogP contribution in [0.5, 0.6) is 0 Å². The molecule has 0 aliphatic heterocycles. The zero-order valence-corrected chi connectivity index (χ0v) is 9.24. The second-order valence-electron chi connectivity index (χ2n) is 3.63. The van der Waals surface area contributed by atoms with Crippen LogP contribution in [0.3, 0.4) is 0 Å². The van der Waals surface area contributed by atoms with Crippen molar-refractivity contribution < 1.29 is 14.8 Å². The largest absolute Gasteiger partial charge is 0.477 e. The molecule has 0 bridgehead atoms. The minimum atomic E-state index is -1.31. The Kier molecular flexibility index (Phi) is 3.05. The molecule has 90 valence electrons. The molecule has 0 atom stereocenters. The molecule has 0 aromatic heterocycles. The predicted molar refractivity (Wildman–Crippen MR) is 65.5 cm³/mol. The van der Waals surface area contributed by atoms with E-state index in [2.05, 4.69) is 0 Å². The van der Waals surface area contributed by atoms with Gasteiger partial charge < -0.3 is 5.11 Å². The van der Waals surface area contributed by atoms with Gasteiger partial charge in [0.25, 0.3) is 5.69 Å². The number of carboxylic acid groups (broad SMARTS) is 1. The molecule has 0 radical (unpaired) electrons. The average molecular weight is 243 g/mol. The highest BCUT2D eigenvalue weighted by Gasteiger charge is 2.24. The number of carboxylic acids is 1. The summed E-state index contributed by atoms with van der Waals surface area (Å²) in [7, 11) is 0. The van der Waals surface area contributed by atoms with Gasteiger partial charge in [-0.3, -0.25) is 10.1 Å². The van der Waals surface area contributed by atoms with Crippen molar-refractivity contribution in [3.63, 3.8) is 0 Å². The SMILES string of the molecule is O=C(O)c1cccc(-c2ccccc2)c1[N+](=O)[O-]. The van der Waals surface area contributed by atoms with Crippen LogP contribution in [0.25, 0.3) is 11.1 Å². The number of hydrogen-bond acceptors (Lipinski definition) is 3. The quantitative estimate of drug-likeness (QED) is 0.663. The fourth-order valence-electron chi connectivity index (χ4n) is 1.76. The van der Waals surface area contributed by atoms with Crippen LogP contribution >= 0.6 is 0 Å².